The Balaban J connectivity index is 2.18. The van der Waals surface area contributed by atoms with Gasteiger partial charge >= 0.3 is 0 Å². The van der Waals surface area contributed by atoms with E-state index >= 15 is 0 Å². The Kier molecular flexibility index (Phi) is 3.41. The van der Waals surface area contributed by atoms with Gasteiger partial charge in [0.1, 0.15) is 0 Å². The minimum Gasteiger partial charge on any atom is -0.242 e. The number of rotatable bonds is 2. The summed E-state index contributed by atoms with van der Waals surface area (Å²) >= 11 is 0. The second-order valence-corrected chi connectivity index (χ2v) is 7.73. The Morgan fingerprint density at radius 1 is 1.35 bits per heavy atom. The zero-order chi connectivity index (χ0) is 12.6. The normalized spacial score (nSPS) is 21.3. The Bertz CT molecular complexity index is 448. The van der Waals surface area contributed by atoms with Gasteiger partial charge in [-0.25, -0.2) is 8.93 Å². The van der Waals surface area contributed by atoms with E-state index in [1.807, 2.05) is 20.8 Å². The van der Waals surface area contributed by atoms with Crippen LogP contribution in [0.2, 0.25) is 0 Å². The number of hydrogen-bond donors (Lipinski definition) is 1. The minimum absolute atomic E-state index is 0.202. The molecule has 17 heavy (non-hydrogen) atoms. The number of hydrogen-bond acceptors (Lipinski definition) is 1. The molecule has 94 valence electrons. The summed E-state index contributed by atoms with van der Waals surface area (Å²) in [7, 11) is -0.991. The summed E-state index contributed by atoms with van der Waals surface area (Å²) in [5.74, 6) is 0. The Hall–Kier alpha value is -0.670. The van der Waals surface area contributed by atoms with Crippen LogP contribution in [-0.4, -0.2) is 8.96 Å². The van der Waals surface area contributed by atoms with Crippen LogP contribution < -0.4 is 4.72 Å². The van der Waals surface area contributed by atoms with Crippen LogP contribution in [-0.2, 0) is 17.4 Å². The summed E-state index contributed by atoms with van der Waals surface area (Å²) in [6.07, 6.45) is 2.16. The molecule has 2 rings (SSSR count). The van der Waals surface area contributed by atoms with Crippen molar-refractivity contribution in [2.45, 2.75) is 51.3 Å². The highest BCUT2D eigenvalue weighted by molar-refractivity contribution is 7.84. The second kappa shape index (κ2) is 4.54. The molecule has 0 aliphatic heterocycles. The molecular formula is C14H21NOS. The van der Waals surface area contributed by atoms with Crippen LogP contribution in [0.25, 0.3) is 0 Å². The number of aryl methyl sites for hydroxylation is 1. The van der Waals surface area contributed by atoms with Gasteiger partial charge in [0.2, 0.25) is 0 Å². The summed E-state index contributed by atoms with van der Waals surface area (Å²) < 4.78 is 15.2. The fraction of sp³-hybridized carbons (Fsp3) is 0.571. The predicted molar refractivity (Wildman–Crippen MR) is 73.3 cm³/mol. The fourth-order valence-corrected chi connectivity index (χ4v) is 3.12. The summed E-state index contributed by atoms with van der Waals surface area (Å²) in [6, 6.07) is 6.66. The van der Waals surface area contributed by atoms with Crippen molar-refractivity contribution in [3.63, 3.8) is 0 Å². The summed E-state index contributed by atoms with van der Waals surface area (Å²) in [6.45, 7) is 8.16. The van der Waals surface area contributed by atoms with Gasteiger partial charge in [-0.1, -0.05) is 18.2 Å². The molecule has 2 atom stereocenters. The molecule has 1 aromatic rings. The van der Waals surface area contributed by atoms with Gasteiger partial charge in [0, 0.05) is 6.04 Å². The Morgan fingerprint density at radius 3 is 2.71 bits per heavy atom. The van der Waals surface area contributed by atoms with Crippen molar-refractivity contribution in [2.24, 2.45) is 0 Å². The van der Waals surface area contributed by atoms with E-state index in [-0.39, 0.29) is 10.8 Å². The van der Waals surface area contributed by atoms with Crippen molar-refractivity contribution in [1.82, 2.24) is 4.72 Å². The third-order valence-corrected chi connectivity index (χ3v) is 4.92. The van der Waals surface area contributed by atoms with Crippen LogP contribution in [0.4, 0.5) is 0 Å². The van der Waals surface area contributed by atoms with Gasteiger partial charge in [-0.05, 0) is 57.2 Å². The van der Waals surface area contributed by atoms with E-state index in [1.165, 1.54) is 16.7 Å². The first-order valence-electron chi connectivity index (χ1n) is 6.16. The maximum absolute atomic E-state index is 12.1. The van der Waals surface area contributed by atoms with Crippen LogP contribution in [0.1, 0.15) is 49.9 Å². The molecule has 0 fully saturated rings. The SMILES string of the molecule is Cc1cccc2c1CCC2NS(=O)C(C)(C)C. The molecule has 1 aliphatic rings. The molecule has 1 N–H and O–H groups in total. The molecule has 1 aliphatic carbocycles. The lowest BCUT2D eigenvalue weighted by Gasteiger charge is -2.22. The molecular weight excluding hydrogens is 230 g/mol. The fourth-order valence-electron chi connectivity index (χ4n) is 2.27. The molecule has 0 saturated heterocycles. The van der Waals surface area contributed by atoms with Crippen molar-refractivity contribution in [1.29, 1.82) is 0 Å². The van der Waals surface area contributed by atoms with Gasteiger partial charge in [-0.2, -0.15) is 0 Å². The summed E-state index contributed by atoms with van der Waals surface area (Å²) in [4.78, 5) is 0. The largest absolute Gasteiger partial charge is 0.242 e. The van der Waals surface area contributed by atoms with Gasteiger partial charge < -0.3 is 0 Å². The third-order valence-electron chi connectivity index (χ3n) is 3.31. The molecule has 0 aromatic heterocycles. The molecule has 0 heterocycles. The van der Waals surface area contributed by atoms with Crippen molar-refractivity contribution in [3.05, 3.63) is 34.9 Å². The molecule has 0 amide bonds. The van der Waals surface area contributed by atoms with Crippen molar-refractivity contribution < 1.29 is 4.21 Å². The lowest BCUT2D eigenvalue weighted by Crippen LogP contribution is -2.35. The monoisotopic (exact) mass is 251 g/mol. The minimum atomic E-state index is -0.991. The highest BCUT2D eigenvalue weighted by atomic mass is 32.2. The van der Waals surface area contributed by atoms with E-state index in [2.05, 4.69) is 29.8 Å². The summed E-state index contributed by atoms with van der Waals surface area (Å²) in [5.41, 5.74) is 4.13. The average molecular weight is 251 g/mol. The first kappa shape index (κ1) is 12.8. The predicted octanol–water partition coefficient (Wildman–Crippen LogP) is 3.03. The second-order valence-electron chi connectivity index (χ2n) is 5.73. The zero-order valence-electron chi connectivity index (χ0n) is 11.0. The van der Waals surface area contributed by atoms with E-state index in [1.54, 1.807) is 0 Å². The van der Waals surface area contributed by atoms with Crippen LogP contribution in [0.3, 0.4) is 0 Å². The van der Waals surface area contributed by atoms with Gasteiger partial charge in [0.15, 0.2) is 0 Å². The van der Waals surface area contributed by atoms with E-state index < -0.39 is 11.0 Å². The number of fused-ring (bicyclic) bond motifs is 1. The molecule has 0 saturated carbocycles. The number of benzene rings is 1. The topological polar surface area (TPSA) is 29.1 Å². The van der Waals surface area contributed by atoms with Crippen LogP contribution >= 0.6 is 0 Å². The van der Waals surface area contributed by atoms with Crippen LogP contribution in [0.15, 0.2) is 18.2 Å². The third kappa shape index (κ3) is 2.61. The highest BCUT2D eigenvalue weighted by Gasteiger charge is 2.28. The van der Waals surface area contributed by atoms with Crippen LogP contribution in [0, 0.1) is 6.92 Å². The Morgan fingerprint density at radius 2 is 2.06 bits per heavy atom. The summed E-state index contributed by atoms with van der Waals surface area (Å²) in [5, 5.41) is 0. The average Bonchev–Trinajstić information content (AvgIpc) is 2.62. The Labute approximate surface area is 106 Å². The van der Waals surface area contributed by atoms with E-state index in [4.69, 9.17) is 0 Å². The first-order chi connectivity index (χ1) is 7.89. The maximum atomic E-state index is 12.1. The van der Waals surface area contributed by atoms with Crippen molar-refractivity contribution in [3.8, 4) is 0 Å². The van der Waals surface area contributed by atoms with Gasteiger partial charge in [0.05, 0.1) is 15.7 Å². The van der Waals surface area contributed by atoms with E-state index in [0.29, 0.717) is 0 Å². The van der Waals surface area contributed by atoms with Gasteiger partial charge in [-0.3, -0.25) is 0 Å². The first-order valence-corrected chi connectivity index (χ1v) is 7.31. The molecule has 2 nitrogen and oxygen atoms in total. The van der Waals surface area contributed by atoms with Gasteiger partial charge in [-0.15, -0.1) is 0 Å². The number of nitrogens with one attached hydrogen (secondary N) is 1. The van der Waals surface area contributed by atoms with E-state index in [0.717, 1.165) is 12.8 Å². The molecule has 3 heteroatoms. The maximum Gasteiger partial charge on any atom is 0.0975 e. The molecule has 2 unspecified atom stereocenters. The lowest BCUT2D eigenvalue weighted by molar-refractivity contribution is 0.596. The van der Waals surface area contributed by atoms with E-state index in [9.17, 15) is 4.21 Å². The smallest absolute Gasteiger partial charge is 0.0975 e. The molecule has 0 spiro atoms. The zero-order valence-corrected chi connectivity index (χ0v) is 11.9. The molecule has 1 aromatic carbocycles. The van der Waals surface area contributed by atoms with Gasteiger partial charge in [0.25, 0.3) is 0 Å². The lowest BCUT2D eigenvalue weighted by atomic mass is 10.0. The standard InChI is InChI=1S/C14H21NOS/c1-10-6-5-7-12-11(10)8-9-13(12)15-17(16)14(2,3)4/h5-7,13,15H,8-9H2,1-4H3. The van der Waals surface area contributed by atoms with Crippen molar-refractivity contribution in [2.75, 3.05) is 0 Å². The quantitative estimate of drug-likeness (QED) is 0.860. The molecule has 0 bridgehead atoms. The molecule has 0 radical (unpaired) electrons. The van der Waals surface area contributed by atoms with Crippen LogP contribution in [0.5, 0.6) is 0 Å². The highest BCUT2D eigenvalue weighted by Crippen LogP contribution is 2.33. The van der Waals surface area contributed by atoms with Crippen molar-refractivity contribution >= 4 is 11.0 Å².